The molecule has 0 unspecified atom stereocenters. The van der Waals surface area contributed by atoms with Crippen LogP contribution in [0.1, 0.15) is 65.7 Å². The minimum Gasteiger partial charge on any atom is -0.444 e. The molecule has 4 heteroatoms. The molecule has 0 bridgehead atoms. The summed E-state index contributed by atoms with van der Waals surface area (Å²) in [7, 11) is 0. The lowest BCUT2D eigenvalue weighted by Crippen LogP contribution is -2.51. The van der Waals surface area contributed by atoms with Crippen LogP contribution in [0.3, 0.4) is 0 Å². The fourth-order valence-corrected chi connectivity index (χ4v) is 4.41. The SMILES string of the molecule is CC(C)(C)OC(=O)N1CCC(N2CCC[C@H](C3CCC3)C2)CC1. The number of piperidine rings is 2. The Bertz CT molecular complexity index is 406. The smallest absolute Gasteiger partial charge is 0.410 e. The molecule has 0 radical (unpaired) electrons. The second-order valence-corrected chi connectivity index (χ2v) is 8.79. The van der Waals surface area contributed by atoms with E-state index in [0.717, 1.165) is 37.8 Å². The van der Waals surface area contributed by atoms with E-state index in [-0.39, 0.29) is 6.09 Å². The maximum absolute atomic E-state index is 12.2. The van der Waals surface area contributed by atoms with E-state index < -0.39 is 5.60 Å². The standard InChI is InChI=1S/C19H34N2O2/c1-19(2,3)23-18(22)20-12-9-17(10-13-20)21-11-5-8-16(14-21)15-6-4-7-15/h15-17H,4-14H2,1-3H3/t16-/m0/s1. The number of carbonyl (C=O) groups excluding carboxylic acids is 1. The van der Waals surface area contributed by atoms with E-state index in [2.05, 4.69) is 4.90 Å². The van der Waals surface area contributed by atoms with E-state index in [9.17, 15) is 4.79 Å². The van der Waals surface area contributed by atoms with Crippen LogP contribution in [-0.4, -0.2) is 53.7 Å². The summed E-state index contributed by atoms with van der Waals surface area (Å²) in [5.74, 6) is 1.96. The highest BCUT2D eigenvalue weighted by molar-refractivity contribution is 5.68. The Labute approximate surface area is 141 Å². The zero-order chi connectivity index (χ0) is 16.4. The molecule has 3 rings (SSSR count). The lowest BCUT2D eigenvalue weighted by atomic mass is 9.72. The lowest BCUT2D eigenvalue weighted by Gasteiger charge is -2.45. The van der Waals surface area contributed by atoms with Crippen molar-refractivity contribution < 1.29 is 9.53 Å². The summed E-state index contributed by atoms with van der Waals surface area (Å²) in [6.45, 7) is 10.1. The molecule has 0 spiro atoms. The van der Waals surface area contributed by atoms with Gasteiger partial charge in [0.05, 0.1) is 0 Å². The van der Waals surface area contributed by atoms with E-state index in [1.54, 1.807) is 0 Å². The van der Waals surface area contributed by atoms with Crippen molar-refractivity contribution in [3.8, 4) is 0 Å². The number of amides is 1. The van der Waals surface area contributed by atoms with Crippen LogP contribution in [-0.2, 0) is 4.74 Å². The highest BCUT2D eigenvalue weighted by Gasteiger charge is 2.35. The van der Waals surface area contributed by atoms with Crippen molar-refractivity contribution in [2.75, 3.05) is 26.2 Å². The van der Waals surface area contributed by atoms with Crippen molar-refractivity contribution in [1.29, 1.82) is 0 Å². The van der Waals surface area contributed by atoms with Crippen molar-refractivity contribution in [2.45, 2.75) is 77.4 Å². The number of carbonyl (C=O) groups is 1. The molecule has 1 saturated carbocycles. The quantitative estimate of drug-likeness (QED) is 0.773. The Hall–Kier alpha value is -0.770. The summed E-state index contributed by atoms with van der Waals surface area (Å²) >= 11 is 0. The molecule has 0 aromatic rings. The molecule has 1 atom stereocenters. The first-order valence-electron chi connectivity index (χ1n) is 9.64. The van der Waals surface area contributed by atoms with Gasteiger partial charge in [0, 0.05) is 25.7 Å². The molecular weight excluding hydrogens is 288 g/mol. The van der Waals surface area contributed by atoms with Gasteiger partial charge in [0.25, 0.3) is 0 Å². The molecule has 3 fully saturated rings. The van der Waals surface area contributed by atoms with Gasteiger partial charge in [0.1, 0.15) is 5.60 Å². The summed E-state index contributed by atoms with van der Waals surface area (Å²) in [5, 5.41) is 0. The summed E-state index contributed by atoms with van der Waals surface area (Å²) in [6.07, 6.45) is 9.28. The van der Waals surface area contributed by atoms with E-state index in [1.165, 1.54) is 45.2 Å². The number of likely N-dealkylation sites (tertiary alicyclic amines) is 2. The van der Waals surface area contributed by atoms with Crippen LogP contribution in [0, 0.1) is 11.8 Å². The zero-order valence-electron chi connectivity index (χ0n) is 15.2. The van der Waals surface area contributed by atoms with E-state index in [0.29, 0.717) is 6.04 Å². The van der Waals surface area contributed by atoms with Crippen LogP contribution in [0.15, 0.2) is 0 Å². The van der Waals surface area contributed by atoms with Crippen LogP contribution < -0.4 is 0 Å². The monoisotopic (exact) mass is 322 g/mol. The second kappa shape index (κ2) is 7.00. The normalized spacial score (nSPS) is 28.5. The second-order valence-electron chi connectivity index (χ2n) is 8.79. The van der Waals surface area contributed by atoms with Crippen LogP contribution in [0.2, 0.25) is 0 Å². The lowest BCUT2D eigenvalue weighted by molar-refractivity contribution is 0.00673. The first-order chi connectivity index (χ1) is 10.9. The van der Waals surface area contributed by atoms with Gasteiger partial charge in [-0.3, -0.25) is 4.90 Å². The number of hydrogen-bond donors (Lipinski definition) is 0. The maximum atomic E-state index is 12.2. The molecule has 0 aromatic heterocycles. The topological polar surface area (TPSA) is 32.8 Å². The average Bonchev–Trinajstić information content (AvgIpc) is 2.44. The highest BCUT2D eigenvalue weighted by Crippen LogP contribution is 2.38. The Morgan fingerprint density at radius 1 is 0.913 bits per heavy atom. The minimum atomic E-state index is -0.392. The molecule has 2 heterocycles. The van der Waals surface area contributed by atoms with Gasteiger partial charge in [-0.25, -0.2) is 4.79 Å². The van der Waals surface area contributed by atoms with Crippen LogP contribution >= 0.6 is 0 Å². The molecule has 4 nitrogen and oxygen atoms in total. The third kappa shape index (κ3) is 4.40. The number of rotatable bonds is 2. The van der Waals surface area contributed by atoms with E-state index in [4.69, 9.17) is 4.74 Å². The van der Waals surface area contributed by atoms with Gasteiger partial charge in [-0.05, 0) is 64.8 Å². The summed E-state index contributed by atoms with van der Waals surface area (Å²) in [5.41, 5.74) is -0.392. The van der Waals surface area contributed by atoms with Gasteiger partial charge >= 0.3 is 6.09 Å². The molecule has 23 heavy (non-hydrogen) atoms. The first kappa shape index (κ1) is 17.1. The third-order valence-electron chi connectivity index (χ3n) is 5.94. The molecule has 2 aliphatic heterocycles. The van der Waals surface area contributed by atoms with E-state index in [1.807, 2.05) is 25.7 Å². The van der Waals surface area contributed by atoms with Crippen LogP contribution in [0.5, 0.6) is 0 Å². The predicted octanol–water partition coefficient (Wildman–Crippen LogP) is 3.90. The number of nitrogens with zero attached hydrogens (tertiary/aromatic N) is 2. The third-order valence-corrected chi connectivity index (χ3v) is 5.94. The van der Waals surface area contributed by atoms with Crippen molar-refractivity contribution in [2.24, 2.45) is 11.8 Å². The Kier molecular flexibility index (Phi) is 5.19. The van der Waals surface area contributed by atoms with Gasteiger partial charge in [-0.1, -0.05) is 19.3 Å². The first-order valence-corrected chi connectivity index (χ1v) is 9.64. The summed E-state index contributed by atoms with van der Waals surface area (Å²) < 4.78 is 5.50. The summed E-state index contributed by atoms with van der Waals surface area (Å²) in [4.78, 5) is 16.8. The van der Waals surface area contributed by atoms with E-state index >= 15 is 0 Å². The van der Waals surface area contributed by atoms with Crippen LogP contribution in [0.4, 0.5) is 4.79 Å². The Balaban J connectivity index is 1.45. The van der Waals surface area contributed by atoms with Crippen molar-refractivity contribution in [3.05, 3.63) is 0 Å². The average molecular weight is 322 g/mol. The molecule has 0 aromatic carbocycles. The number of hydrogen-bond acceptors (Lipinski definition) is 3. The maximum Gasteiger partial charge on any atom is 0.410 e. The van der Waals surface area contributed by atoms with Crippen molar-refractivity contribution >= 4 is 6.09 Å². The van der Waals surface area contributed by atoms with Gasteiger partial charge in [0.2, 0.25) is 0 Å². The predicted molar refractivity (Wildman–Crippen MR) is 92.5 cm³/mol. The largest absolute Gasteiger partial charge is 0.444 e. The minimum absolute atomic E-state index is 0.137. The van der Waals surface area contributed by atoms with Crippen LogP contribution in [0.25, 0.3) is 0 Å². The van der Waals surface area contributed by atoms with Crippen molar-refractivity contribution in [3.63, 3.8) is 0 Å². The number of ether oxygens (including phenoxy) is 1. The van der Waals surface area contributed by atoms with Gasteiger partial charge in [-0.2, -0.15) is 0 Å². The molecular formula is C19H34N2O2. The molecule has 2 saturated heterocycles. The zero-order valence-corrected chi connectivity index (χ0v) is 15.2. The fourth-order valence-electron chi connectivity index (χ4n) is 4.41. The molecule has 0 N–H and O–H groups in total. The fraction of sp³-hybridized carbons (Fsp3) is 0.947. The molecule has 132 valence electrons. The van der Waals surface area contributed by atoms with Crippen molar-refractivity contribution in [1.82, 2.24) is 9.80 Å². The molecule has 3 aliphatic rings. The Morgan fingerprint density at radius 2 is 1.57 bits per heavy atom. The van der Waals surface area contributed by atoms with Gasteiger partial charge in [-0.15, -0.1) is 0 Å². The summed E-state index contributed by atoms with van der Waals surface area (Å²) in [6, 6.07) is 0.677. The molecule has 1 amide bonds. The molecule has 1 aliphatic carbocycles. The van der Waals surface area contributed by atoms with Gasteiger partial charge < -0.3 is 9.64 Å². The van der Waals surface area contributed by atoms with Gasteiger partial charge in [0.15, 0.2) is 0 Å². The highest BCUT2D eigenvalue weighted by atomic mass is 16.6. The Morgan fingerprint density at radius 3 is 2.13 bits per heavy atom.